The summed E-state index contributed by atoms with van der Waals surface area (Å²) in [4.78, 5) is 34.4. The Labute approximate surface area is 125 Å². The smallest absolute Gasteiger partial charge is 0.340 e. The van der Waals surface area contributed by atoms with Crippen molar-refractivity contribution in [1.29, 1.82) is 0 Å². The van der Waals surface area contributed by atoms with Crippen molar-refractivity contribution in [2.45, 2.75) is 26.8 Å². The van der Waals surface area contributed by atoms with Crippen LogP contribution in [0.2, 0.25) is 0 Å². The van der Waals surface area contributed by atoms with Gasteiger partial charge in [0.25, 0.3) is 0 Å². The van der Waals surface area contributed by atoms with Crippen LogP contribution in [0.15, 0.2) is 0 Å². The first-order chi connectivity index (χ1) is 9.73. The number of carbonyl (C=O) groups excluding carboxylic acids is 2. The summed E-state index contributed by atoms with van der Waals surface area (Å²) in [6.45, 7) is 4.85. The Hall–Kier alpha value is -2.00. The lowest BCUT2D eigenvalue weighted by molar-refractivity contribution is -0.125. The van der Waals surface area contributed by atoms with Gasteiger partial charge in [0.05, 0.1) is 18.3 Å². The number of carbonyl (C=O) groups is 3. The van der Waals surface area contributed by atoms with E-state index >= 15 is 0 Å². The van der Waals surface area contributed by atoms with Crippen LogP contribution in [0.1, 0.15) is 29.9 Å². The van der Waals surface area contributed by atoms with Gasteiger partial charge in [0, 0.05) is 0 Å². The fourth-order valence-corrected chi connectivity index (χ4v) is 2.27. The molecule has 0 aliphatic heterocycles. The Morgan fingerprint density at radius 1 is 1.38 bits per heavy atom. The van der Waals surface area contributed by atoms with Gasteiger partial charge < -0.3 is 21.5 Å². The number of nitrogens with zero attached hydrogens (tertiary/aromatic N) is 1. The maximum atomic E-state index is 11.7. The number of rotatable bonds is 6. The quantitative estimate of drug-likeness (QED) is 0.592. The van der Waals surface area contributed by atoms with E-state index in [1.807, 2.05) is 0 Å². The number of carboxylic acid groups (broad SMARTS) is 1. The molecule has 9 heteroatoms. The highest BCUT2D eigenvalue weighted by atomic mass is 32.1. The van der Waals surface area contributed by atoms with Gasteiger partial charge in [0.15, 0.2) is 0 Å². The summed E-state index contributed by atoms with van der Waals surface area (Å²) >= 11 is 0.878. The third kappa shape index (κ3) is 4.50. The predicted molar refractivity (Wildman–Crippen MR) is 78.3 cm³/mol. The fourth-order valence-electron chi connectivity index (χ4n) is 1.47. The summed E-state index contributed by atoms with van der Waals surface area (Å²) in [5.41, 5.74) is 5.92. The van der Waals surface area contributed by atoms with E-state index in [1.54, 1.807) is 20.8 Å². The van der Waals surface area contributed by atoms with Gasteiger partial charge in [0.1, 0.15) is 10.6 Å². The maximum absolute atomic E-state index is 11.7. The van der Waals surface area contributed by atoms with Crippen LogP contribution in [-0.2, 0) is 9.59 Å². The molecule has 1 heterocycles. The first kappa shape index (κ1) is 17.1. The van der Waals surface area contributed by atoms with E-state index < -0.39 is 23.8 Å². The van der Waals surface area contributed by atoms with E-state index in [0.717, 1.165) is 11.5 Å². The van der Waals surface area contributed by atoms with Crippen molar-refractivity contribution in [3.05, 3.63) is 11.3 Å². The number of aryl methyl sites for hydroxylation is 1. The molecule has 116 valence electrons. The molecule has 5 N–H and O–H groups in total. The number of nitrogens with one attached hydrogen (secondary N) is 2. The lowest BCUT2D eigenvalue weighted by Gasteiger charge is -2.14. The van der Waals surface area contributed by atoms with E-state index in [0.29, 0.717) is 5.69 Å². The molecule has 0 aliphatic carbocycles. The van der Waals surface area contributed by atoms with E-state index in [4.69, 9.17) is 10.8 Å². The summed E-state index contributed by atoms with van der Waals surface area (Å²) in [6.07, 6.45) is 0. The van der Waals surface area contributed by atoms with Gasteiger partial charge in [0.2, 0.25) is 11.8 Å². The minimum absolute atomic E-state index is 0.0430. The molecular formula is C12H18N4O4S. The van der Waals surface area contributed by atoms with Gasteiger partial charge in [-0.3, -0.25) is 9.59 Å². The molecule has 0 fully saturated rings. The molecule has 2 amide bonds. The van der Waals surface area contributed by atoms with Crippen molar-refractivity contribution in [2.75, 3.05) is 11.9 Å². The molecule has 0 saturated heterocycles. The second kappa shape index (κ2) is 7.14. The number of anilines is 1. The Balaban J connectivity index is 2.59. The molecule has 1 atom stereocenters. The largest absolute Gasteiger partial charge is 0.478 e. The van der Waals surface area contributed by atoms with E-state index in [-0.39, 0.29) is 23.0 Å². The third-order valence-electron chi connectivity index (χ3n) is 2.77. The number of nitrogens with two attached hydrogens (primary N) is 1. The molecule has 0 unspecified atom stereocenters. The summed E-state index contributed by atoms with van der Waals surface area (Å²) in [5, 5.41) is 14.0. The molecule has 0 aromatic carbocycles. The zero-order chi connectivity index (χ0) is 16.2. The molecule has 0 radical (unpaired) electrons. The summed E-state index contributed by atoms with van der Waals surface area (Å²) in [7, 11) is 0. The second-order valence-corrected chi connectivity index (χ2v) is 5.59. The van der Waals surface area contributed by atoms with Crippen molar-refractivity contribution in [1.82, 2.24) is 9.69 Å². The van der Waals surface area contributed by atoms with Gasteiger partial charge in [-0.05, 0) is 24.4 Å². The van der Waals surface area contributed by atoms with Crippen LogP contribution in [0, 0.1) is 12.8 Å². The maximum Gasteiger partial charge on any atom is 0.340 e. The monoisotopic (exact) mass is 314 g/mol. The number of hydrogen-bond donors (Lipinski definition) is 4. The summed E-state index contributed by atoms with van der Waals surface area (Å²) < 4.78 is 3.88. The molecular weight excluding hydrogens is 296 g/mol. The summed E-state index contributed by atoms with van der Waals surface area (Å²) in [5.74, 6) is -2.18. The number of carboxylic acids is 1. The van der Waals surface area contributed by atoms with Gasteiger partial charge in [-0.15, -0.1) is 0 Å². The predicted octanol–water partition coefficient (Wildman–Crippen LogP) is 0.188. The van der Waals surface area contributed by atoms with Gasteiger partial charge in [-0.2, -0.15) is 4.37 Å². The lowest BCUT2D eigenvalue weighted by atomic mass is 10.1. The van der Waals surface area contributed by atoms with Gasteiger partial charge in [-0.1, -0.05) is 13.8 Å². The zero-order valence-corrected chi connectivity index (χ0v) is 12.8. The second-order valence-electron chi connectivity index (χ2n) is 4.81. The highest BCUT2D eigenvalue weighted by molar-refractivity contribution is 7.11. The molecule has 0 bridgehead atoms. The standard InChI is InChI=1S/C12H18N4O4S/c1-5(2)9(13)10(18)14-4-7(17)15-11-8(12(19)20)6(3)16-21-11/h5,9H,4,13H2,1-3H3,(H,14,18)(H,15,17)(H,19,20)/t9-/m0/s1. The lowest BCUT2D eigenvalue weighted by Crippen LogP contribution is -2.46. The summed E-state index contributed by atoms with van der Waals surface area (Å²) in [6, 6.07) is -0.696. The van der Waals surface area contributed by atoms with E-state index in [9.17, 15) is 14.4 Å². The van der Waals surface area contributed by atoms with Crippen LogP contribution in [-0.4, -0.2) is 39.9 Å². The van der Waals surface area contributed by atoms with Gasteiger partial charge in [-0.25, -0.2) is 4.79 Å². The average molecular weight is 314 g/mol. The first-order valence-electron chi connectivity index (χ1n) is 6.26. The number of hydrogen-bond acceptors (Lipinski definition) is 6. The molecule has 8 nitrogen and oxygen atoms in total. The minimum Gasteiger partial charge on any atom is -0.478 e. The Bertz CT molecular complexity index is 555. The van der Waals surface area contributed by atoms with Crippen LogP contribution in [0.25, 0.3) is 0 Å². The highest BCUT2D eigenvalue weighted by Crippen LogP contribution is 2.24. The topological polar surface area (TPSA) is 134 Å². The van der Waals surface area contributed by atoms with Crippen molar-refractivity contribution < 1.29 is 19.5 Å². The number of aromatic nitrogens is 1. The highest BCUT2D eigenvalue weighted by Gasteiger charge is 2.21. The third-order valence-corrected chi connectivity index (χ3v) is 3.63. The van der Waals surface area contributed by atoms with Crippen LogP contribution in [0.4, 0.5) is 5.00 Å². The van der Waals surface area contributed by atoms with Crippen molar-refractivity contribution in [3.8, 4) is 0 Å². The molecule has 0 saturated carbocycles. The Morgan fingerprint density at radius 3 is 2.52 bits per heavy atom. The molecule has 0 aliphatic rings. The SMILES string of the molecule is Cc1nsc(NC(=O)CNC(=O)[C@@H](N)C(C)C)c1C(=O)O. The van der Waals surface area contributed by atoms with Crippen LogP contribution in [0.5, 0.6) is 0 Å². The van der Waals surface area contributed by atoms with E-state index in [1.165, 1.54) is 0 Å². The Morgan fingerprint density at radius 2 is 2.00 bits per heavy atom. The van der Waals surface area contributed by atoms with Gasteiger partial charge >= 0.3 is 5.97 Å². The molecule has 0 spiro atoms. The molecule has 1 aromatic heterocycles. The van der Waals surface area contributed by atoms with Crippen LogP contribution >= 0.6 is 11.5 Å². The molecule has 1 rings (SSSR count). The van der Waals surface area contributed by atoms with Crippen molar-refractivity contribution in [2.24, 2.45) is 11.7 Å². The Kier molecular flexibility index (Phi) is 5.79. The van der Waals surface area contributed by atoms with Crippen molar-refractivity contribution >= 4 is 34.3 Å². The minimum atomic E-state index is -1.16. The fraction of sp³-hybridized carbons (Fsp3) is 0.500. The van der Waals surface area contributed by atoms with Crippen molar-refractivity contribution in [3.63, 3.8) is 0 Å². The number of amides is 2. The van der Waals surface area contributed by atoms with Crippen LogP contribution < -0.4 is 16.4 Å². The number of aromatic carboxylic acids is 1. The molecule has 21 heavy (non-hydrogen) atoms. The average Bonchev–Trinajstić information content (AvgIpc) is 2.75. The normalized spacial score (nSPS) is 12.0. The van der Waals surface area contributed by atoms with Crippen LogP contribution in [0.3, 0.4) is 0 Å². The zero-order valence-electron chi connectivity index (χ0n) is 12.0. The first-order valence-corrected chi connectivity index (χ1v) is 7.04. The molecule has 1 aromatic rings. The van der Waals surface area contributed by atoms with E-state index in [2.05, 4.69) is 15.0 Å².